The van der Waals surface area contributed by atoms with Gasteiger partial charge in [-0.3, -0.25) is 9.59 Å². The van der Waals surface area contributed by atoms with Gasteiger partial charge in [-0.2, -0.15) is 0 Å². The van der Waals surface area contributed by atoms with Crippen LogP contribution in [0.1, 0.15) is 51.4 Å². The highest BCUT2D eigenvalue weighted by Crippen LogP contribution is 2.26. The fraction of sp³-hybridized carbons (Fsp3) is 0.833. The van der Waals surface area contributed by atoms with Crippen LogP contribution in [0.15, 0.2) is 0 Å². The van der Waals surface area contributed by atoms with Crippen molar-refractivity contribution in [2.24, 2.45) is 5.92 Å². The first-order chi connectivity index (χ1) is 7.59. The summed E-state index contributed by atoms with van der Waals surface area (Å²) in [5.41, 5.74) is 0. The third-order valence-corrected chi connectivity index (χ3v) is 3.14. The van der Waals surface area contributed by atoms with Crippen molar-refractivity contribution in [2.45, 2.75) is 57.5 Å². The Kier molecular flexibility index (Phi) is 5.46. The van der Waals surface area contributed by atoms with E-state index in [1.807, 2.05) is 0 Å². The molecule has 16 heavy (non-hydrogen) atoms. The van der Waals surface area contributed by atoms with Gasteiger partial charge in [-0.1, -0.05) is 19.3 Å². The topological polar surface area (TPSA) is 74.6 Å². The van der Waals surface area contributed by atoms with E-state index in [2.05, 4.69) is 0 Å². The molecule has 0 aromatic carbocycles. The molecule has 1 aliphatic carbocycles. The van der Waals surface area contributed by atoms with Gasteiger partial charge in [0.15, 0.2) is 0 Å². The fourth-order valence-electron chi connectivity index (χ4n) is 2.24. The van der Waals surface area contributed by atoms with Gasteiger partial charge in [0.05, 0.1) is 6.10 Å². The highest BCUT2D eigenvalue weighted by atomic mass is 16.4. The van der Waals surface area contributed by atoms with Gasteiger partial charge in [0.25, 0.3) is 0 Å². The summed E-state index contributed by atoms with van der Waals surface area (Å²) >= 11 is 0. The van der Waals surface area contributed by atoms with Crippen LogP contribution in [-0.4, -0.2) is 28.1 Å². The average Bonchev–Trinajstić information content (AvgIpc) is 2.50. The minimum absolute atomic E-state index is 0.0504. The number of hydrogen-bond donors (Lipinski definition) is 2. The average molecular weight is 228 g/mol. The van der Waals surface area contributed by atoms with Crippen molar-refractivity contribution in [2.75, 3.05) is 0 Å². The van der Waals surface area contributed by atoms with Crippen LogP contribution in [0.2, 0.25) is 0 Å². The number of carbonyl (C=O) groups excluding carboxylic acids is 1. The molecule has 1 rings (SSSR count). The van der Waals surface area contributed by atoms with E-state index in [9.17, 15) is 14.7 Å². The largest absolute Gasteiger partial charge is 0.481 e. The van der Waals surface area contributed by atoms with Gasteiger partial charge in [-0.25, -0.2) is 0 Å². The summed E-state index contributed by atoms with van der Waals surface area (Å²) < 4.78 is 0. The minimum Gasteiger partial charge on any atom is -0.481 e. The minimum atomic E-state index is -0.742. The Balaban J connectivity index is 1.99. The van der Waals surface area contributed by atoms with Crippen molar-refractivity contribution in [3.8, 4) is 0 Å². The molecule has 1 fully saturated rings. The van der Waals surface area contributed by atoms with Crippen LogP contribution in [0.3, 0.4) is 0 Å². The van der Waals surface area contributed by atoms with Crippen molar-refractivity contribution in [3.05, 3.63) is 0 Å². The summed E-state index contributed by atoms with van der Waals surface area (Å²) in [6.45, 7) is 0. The van der Waals surface area contributed by atoms with Crippen LogP contribution in [-0.2, 0) is 9.59 Å². The molecular weight excluding hydrogens is 208 g/mol. The first kappa shape index (κ1) is 13.2. The monoisotopic (exact) mass is 228 g/mol. The standard InChI is InChI=1S/C12H20O4/c13-10-7-9(11(14)8-10)5-3-1-2-4-6-12(15)16/h9-10,13H,1-8H2,(H,15,16)/t9-,10+/m0/s1. The van der Waals surface area contributed by atoms with E-state index in [4.69, 9.17) is 5.11 Å². The van der Waals surface area contributed by atoms with Crippen LogP contribution in [0.4, 0.5) is 0 Å². The van der Waals surface area contributed by atoms with Gasteiger partial charge in [-0.05, 0) is 19.3 Å². The van der Waals surface area contributed by atoms with Crippen LogP contribution < -0.4 is 0 Å². The molecule has 0 aliphatic heterocycles. The third-order valence-electron chi connectivity index (χ3n) is 3.14. The van der Waals surface area contributed by atoms with Gasteiger partial charge in [-0.15, -0.1) is 0 Å². The van der Waals surface area contributed by atoms with Crippen molar-refractivity contribution in [1.82, 2.24) is 0 Å². The van der Waals surface area contributed by atoms with Gasteiger partial charge < -0.3 is 10.2 Å². The van der Waals surface area contributed by atoms with Crippen molar-refractivity contribution < 1.29 is 19.8 Å². The number of rotatable bonds is 7. The Morgan fingerprint density at radius 3 is 2.50 bits per heavy atom. The Morgan fingerprint density at radius 2 is 1.94 bits per heavy atom. The number of aliphatic carboxylic acids is 1. The highest BCUT2D eigenvalue weighted by Gasteiger charge is 2.30. The molecule has 4 nitrogen and oxygen atoms in total. The van der Waals surface area contributed by atoms with Crippen molar-refractivity contribution in [1.29, 1.82) is 0 Å². The van der Waals surface area contributed by atoms with Gasteiger partial charge >= 0.3 is 5.97 Å². The lowest BCUT2D eigenvalue weighted by Gasteiger charge is -2.06. The first-order valence-corrected chi connectivity index (χ1v) is 6.02. The molecule has 4 heteroatoms. The highest BCUT2D eigenvalue weighted by molar-refractivity contribution is 5.83. The van der Waals surface area contributed by atoms with E-state index in [0.717, 1.165) is 32.1 Å². The van der Waals surface area contributed by atoms with Crippen molar-refractivity contribution in [3.63, 3.8) is 0 Å². The van der Waals surface area contributed by atoms with E-state index in [1.54, 1.807) is 0 Å². The quantitative estimate of drug-likeness (QED) is 0.651. The van der Waals surface area contributed by atoms with E-state index in [1.165, 1.54) is 0 Å². The molecule has 1 aliphatic rings. The Bertz CT molecular complexity index is 249. The summed E-state index contributed by atoms with van der Waals surface area (Å²) in [7, 11) is 0. The maximum atomic E-state index is 11.4. The zero-order chi connectivity index (χ0) is 12.0. The Morgan fingerprint density at radius 1 is 1.25 bits per heavy atom. The maximum absolute atomic E-state index is 11.4. The summed E-state index contributed by atoms with van der Waals surface area (Å²) in [5, 5.41) is 17.7. The summed E-state index contributed by atoms with van der Waals surface area (Å²) in [6.07, 6.45) is 5.17. The fourth-order valence-corrected chi connectivity index (χ4v) is 2.24. The SMILES string of the molecule is O=C(O)CCCCCC[C@H]1C[C@@H](O)CC1=O. The number of hydrogen-bond acceptors (Lipinski definition) is 3. The molecule has 0 heterocycles. The normalized spacial score (nSPS) is 24.9. The molecule has 0 aromatic rings. The van der Waals surface area contributed by atoms with E-state index in [-0.39, 0.29) is 18.1 Å². The predicted octanol–water partition coefficient (Wildman–Crippen LogP) is 1.75. The lowest BCUT2D eigenvalue weighted by molar-refractivity contribution is -0.137. The third kappa shape index (κ3) is 4.75. The number of carbonyl (C=O) groups is 2. The summed E-state index contributed by atoms with van der Waals surface area (Å²) in [4.78, 5) is 21.6. The Hall–Kier alpha value is -0.900. The molecule has 0 amide bonds. The molecule has 0 radical (unpaired) electrons. The summed E-state index contributed by atoms with van der Waals surface area (Å²) in [5.74, 6) is -0.499. The zero-order valence-corrected chi connectivity index (χ0v) is 9.52. The van der Waals surface area contributed by atoms with E-state index >= 15 is 0 Å². The van der Waals surface area contributed by atoms with Crippen molar-refractivity contribution >= 4 is 11.8 Å². The lowest BCUT2D eigenvalue weighted by atomic mass is 9.98. The second kappa shape index (κ2) is 6.63. The lowest BCUT2D eigenvalue weighted by Crippen LogP contribution is -2.05. The molecule has 2 atom stereocenters. The summed E-state index contributed by atoms with van der Waals surface area (Å²) in [6, 6.07) is 0. The molecule has 0 bridgehead atoms. The number of carboxylic acids is 1. The van der Waals surface area contributed by atoms with E-state index in [0.29, 0.717) is 12.8 Å². The second-order valence-corrected chi connectivity index (χ2v) is 4.60. The van der Waals surface area contributed by atoms with Crippen LogP contribution in [0.25, 0.3) is 0 Å². The van der Waals surface area contributed by atoms with Gasteiger partial charge in [0.1, 0.15) is 5.78 Å². The molecule has 0 spiro atoms. The van der Waals surface area contributed by atoms with Gasteiger partial charge in [0, 0.05) is 18.8 Å². The molecule has 2 N–H and O–H groups in total. The number of aliphatic hydroxyl groups excluding tert-OH is 1. The predicted molar refractivity (Wildman–Crippen MR) is 59.1 cm³/mol. The molecule has 0 unspecified atom stereocenters. The van der Waals surface area contributed by atoms with Gasteiger partial charge in [0.2, 0.25) is 0 Å². The zero-order valence-electron chi connectivity index (χ0n) is 9.52. The number of unbranched alkanes of at least 4 members (excludes halogenated alkanes) is 3. The molecule has 92 valence electrons. The van der Waals surface area contributed by atoms with Crippen LogP contribution in [0.5, 0.6) is 0 Å². The first-order valence-electron chi connectivity index (χ1n) is 6.02. The maximum Gasteiger partial charge on any atom is 0.303 e. The van der Waals surface area contributed by atoms with E-state index < -0.39 is 12.1 Å². The smallest absolute Gasteiger partial charge is 0.303 e. The molecular formula is C12H20O4. The molecule has 0 aromatic heterocycles. The number of Topliss-reactive ketones (excluding diaryl/α,β-unsaturated/α-hetero) is 1. The second-order valence-electron chi connectivity index (χ2n) is 4.60. The number of aliphatic hydroxyl groups is 1. The Labute approximate surface area is 95.7 Å². The number of ketones is 1. The molecule has 0 saturated heterocycles. The molecule has 1 saturated carbocycles. The van der Waals surface area contributed by atoms with Crippen LogP contribution >= 0.6 is 0 Å². The number of carboxylic acid groups (broad SMARTS) is 1. The van der Waals surface area contributed by atoms with Crippen LogP contribution in [0, 0.1) is 5.92 Å².